The number of nitrogens with one attached hydrogen (secondary N) is 1. The van der Waals surface area contributed by atoms with Crippen molar-refractivity contribution in [1.82, 2.24) is 19.7 Å². The van der Waals surface area contributed by atoms with E-state index in [9.17, 15) is 9.59 Å². The number of pyridine rings is 1. The van der Waals surface area contributed by atoms with Crippen molar-refractivity contribution in [2.24, 2.45) is 7.05 Å². The summed E-state index contributed by atoms with van der Waals surface area (Å²) in [4.78, 5) is 25.3. The number of aryl methyl sites for hydroxylation is 1. The van der Waals surface area contributed by atoms with Crippen LogP contribution in [0.4, 0.5) is 0 Å². The van der Waals surface area contributed by atoms with Gasteiger partial charge in [0.25, 0.3) is 11.5 Å². The predicted molar refractivity (Wildman–Crippen MR) is 92.6 cm³/mol. The lowest BCUT2D eigenvalue weighted by atomic mass is 10.1. The highest BCUT2D eigenvalue weighted by atomic mass is 16.2. The van der Waals surface area contributed by atoms with Crippen molar-refractivity contribution in [3.63, 3.8) is 0 Å². The summed E-state index contributed by atoms with van der Waals surface area (Å²) in [6.07, 6.45) is 4.23. The van der Waals surface area contributed by atoms with E-state index in [2.05, 4.69) is 10.4 Å². The van der Waals surface area contributed by atoms with E-state index in [-0.39, 0.29) is 17.5 Å². The Morgan fingerprint density at radius 3 is 2.62 bits per heavy atom. The van der Waals surface area contributed by atoms with Crippen molar-refractivity contribution in [3.05, 3.63) is 58.6 Å². The van der Waals surface area contributed by atoms with Crippen LogP contribution in [0.2, 0.25) is 0 Å². The van der Waals surface area contributed by atoms with Gasteiger partial charge in [-0.25, -0.2) is 0 Å². The first kappa shape index (κ1) is 16.0. The average Bonchev–Trinajstić information content (AvgIpc) is 2.91. The molecule has 2 aliphatic rings. The number of carbonyl (C=O) groups excluding carboxylic acids is 1. The molecule has 0 spiro atoms. The van der Waals surface area contributed by atoms with Crippen LogP contribution < -0.4 is 10.9 Å². The molecular formula is C18H20N4O2. The lowest BCUT2D eigenvalue weighted by Gasteiger charge is -2.13. The Kier molecular flexibility index (Phi) is 4.20. The van der Waals surface area contributed by atoms with Gasteiger partial charge in [-0.05, 0) is 25.5 Å². The molecule has 0 radical (unpaired) electrons. The van der Waals surface area contributed by atoms with Crippen molar-refractivity contribution in [2.75, 3.05) is 0 Å². The van der Waals surface area contributed by atoms with Gasteiger partial charge in [0.15, 0.2) is 0 Å². The molecule has 124 valence electrons. The van der Waals surface area contributed by atoms with Gasteiger partial charge in [-0.3, -0.25) is 9.59 Å². The second kappa shape index (κ2) is 6.31. The zero-order valence-electron chi connectivity index (χ0n) is 14.0. The van der Waals surface area contributed by atoms with Crippen molar-refractivity contribution in [2.45, 2.75) is 26.3 Å². The van der Waals surface area contributed by atoms with E-state index in [0.717, 1.165) is 6.42 Å². The second-order valence-electron chi connectivity index (χ2n) is 5.93. The molecule has 6 nitrogen and oxygen atoms in total. The molecule has 2 aliphatic heterocycles. The number of fused-ring (bicyclic) bond motifs is 1. The van der Waals surface area contributed by atoms with E-state index in [0.29, 0.717) is 22.5 Å². The van der Waals surface area contributed by atoms with Crippen LogP contribution in [0.5, 0.6) is 0 Å². The molecule has 1 aromatic rings. The third kappa shape index (κ3) is 2.82. The van der Waals surface area contributed by atoms with Gasteiger partial charge < -0.3 is 9.88 Å². The zero-order valence-corrected chi connectivity index (χ0v) is 14.0. The average molecular weight is 324 g/mol. The largest absolute Gasteiger partial charge is 0.356 e. The number of benzene rings is 1. The first-order valence-electron chi connectivity index (χ1n) is 7.96. The predicted octanol–water partition coefficient (Wildman–Crippen LogP) is 2.20. The minimum absolute atomic E-state index is 0.0565. The number of nitrogens with zero attached hydrogens (tertiary/aromatic N) is 3. The topological polar surface area (TPSA) is 68.9 Å². The molecule has 0 fully saturated rings. The molecule has 0 unspecified atom stereocenters. The Labute approximate surface area is 140 Å². The fraction of sp³-hybridized carbons (Fsp3) is 0.278. The normalized spacial score (nSPS) is 12.3. The smallest absolute Gasteiger partial charge is 0.282 e. The Bertz CT molecular complexity index is 895. The molecule has 6 heteroatoms. The fourth-order valence-electron chi connectivity index (χ4n) is 2.55. The third-order valence-electron chi connectivity index (χ3n) is 4.03. The van der Waals surface area contributed by atoms with Gasteiger partial charge in [-0.2, -0.15) is 9.78 Å². The van der Waals surface area contributed by atoms with Crippen LogP contribution in [-0.2, 0) is 7.05 Å². The number of hydrogen-bond donors (Lipinski definition) is 1. The first-order valence-corrected chi connectivity index (χ1v) is 7.96. The Morgan fingerprint density at radius 2 is 1.96 bits per heavy atom. The summed E-state index contributed by atoms with van der Waals surface area (Å²) in [7, 11) is 1.79. The highest BCUT2D eigenvalue weighted by molar-refractivity contribution is 6.00. The molecule has 1 aromatic carbocycles. The molecular weight excluding hydrogens is 304 g/mol. The van der Waals surface area contributed by atoms with Gasteiger partial charge in [0.2, 0.25) is 0 Å². The summed E-state index contributed by atoms with van der Waals surface area (Å²) >= 11 is 0. The minimum atomic E-state index is -0.231. The molecule has 3 rings (SSSR count). The third-order valence-corrected chi connectivity index (χ3v) is 4.03. The summed E-state index contributed by atoms with van der Waals surface area (Å²) in [5.41, 5.74) is 1.70. The van der Waals surface area contributed by atoms with Crippen LogP contribution in [0.3, 0.4) is 0 Å². The number of para-hydroxylation sites is 1. The van der Waals surface area contributed by atoms with E-state index in [4.69, 9.17) is 0 Å². The van der Waals surface area contributed by atoms with Crippen LogP contribution in [0.1, 0.15) is 30.6 Å². The molecule has 0 aliphatic carbocycles. The number of rotatable bonds is 4. The zero-order chi connectivity index (χ0) is 17.3. The summed E-state index contributed by atoms with van der Waals surface area (Å²) < 4.78 is 3.05. The summed E-state index contributed by atoms with van der Waals surface area (Å²) in [5.74, 6) is -0.219. The highest BCUT2D eigenvalue weighted by Gasteiger charge is 2.24. The molecule has 1 amide bonds. The summed E-state index contributed by atoms with van der Waals surface area (Å²) in [6.45, 7) is 3.95. The Balaban J connectivity index is 2.15. The lowest BCUT2D eigenvalue weighted by Crippen LogP contribution is -2.32. The van der Waals surface area contributed by atoms with E-state index in [1.807, 2.05) is 44.2 Å². The SMILES string of the molecule is CC[C@@H](C)NC(=O)c1cn(C)cc2c(=O)n(-c3ccccc3)nc1-2. The molecule has 1 atom stereocenters. The minimum Gasteiger partial charge on any atom is -0.356 e. The number of amides is 1. The maximum Gasteiger partial charge on any atom is 0.282 e. The molecule has 1 N–H and O–H groups in total. The van der Waals surface area contributed by atoms with Crippen molar-refractivity contribution in [1.29, 1.82) is 0 Å². The van der Waals surface area contributed by atoms with Crippen LogP contribution in [0.25, 0.3) is 16.9 Å². The highest BCUT2D eigenvalue weighted by Crippen LogP contribution is 2.22. The molecule has 0 bridgehead atoms. The molecule has 0 saturated heterocycles. The van der Waals surface area contributed by atoms with E-state index in [1.54, 1.807) is 24.0 Å². The molecule has 0 saturated carbocycles. The summed E-state index contributed by atoms with van der Waals surface area (Å²) in [5, 5.41) is 7.34. The monoisotopic (exact) mass is 324 g/mol. The van der Waals surface area contributed by atoms with Gasteiger partial charge in [-0.1, -0.05) is 25.1 Å². The van der Waals surface area contributed by atoms with Gasteiger partial charge in [0.1, 0.15) is 5.69 Å². The van der Waals surface area contributed by atoms with Gasteiger partial charge in [0, 0.05) is 25.5 Å². The summed E-state index contributed by atoms with van der Waals surface area (Å²) in [6, 6.07) is 9.25. The van der Waals surface area contributed by atoms with Crippen LogP contribution in [0.15, 0.2) is 47.5 Å². The molecule has 2 heterocycles. The van der Waals surface area contributed by atoms with Crippen molar-refractivity contribution in [3.8, 4) is 16.9 Å². The van der Waals surface area contributed by atoms with E-state index in [1.165, 1.54) is 4.68 Å². The number of hydrogen-bond acceptors (Lipinski definition) is 3. The second-order valence-corrected chi connectivity index (χ2v) is 5.93. The number of aromatic nitrogens is 3. The van der Waals surface area contributed by atoms with Gasteiger partial charge in [-0.15, -0.1) is 0 Å². The van der Waals surface area contributed by atoms with Crippen LogP contribution >= 0.6 is 0 Å². The van der Waals surface area contributed by atoms with Crippen LogP contribution in [-0.4, -0.2) is 26.3 Å². The Hall–Kier alpha value is -2.89. The van der Waals surface area contributed by atoms with Crippen molar-refractivity contribution >= 4 is 5.91 Å². The van der Waals surface area contributed by atoms with Crippen molar-refractivity contribution < 1.29 is 4.79 Å². The fourth-order valence-corrected chi connectivity index (χ4v) is 2.55. The van der Waals surface area contributed by atoms with Crippen LogP contribution in [0, 0.1) is 0 Å². The maximum absolute atomic E-state index is 12.7. The van der Waals surface area contributed by atoms with Gasteiger partial charge in [0.05, 0.1) is 16.8 Å². The molecule has 24 heavy (non-hydrogen) atoms. The quantitative estimate of drug-likeness (QED) is 0.800. The molecule has 0 aromatic heterocycles. The maximum atomic E-state index is 12.7. The first-order chi connectivity index (χ1) is 11.5. The van der Waals surface area contributed by atoms with E-state index >= 15 is 0 Å². The standard InChI is InChI=1S/C18H20N4O2/c1-4-12(2)19-17(23)14-10-21(3)11-15-16(14)20-22(18(15)24)13-8-6-5-7-9-13/h5-12H,4H2,1-3H3,(H,19,23)/t12-/m1/s1. The lowest BCUT2D eigenvalue weighted by molar-refractivity contribution is 0.0939. The number of carbonyl (C=O) groups is 1. The Morgan fingerprint density at radius 1 is 1.25 bits per heavy atom. The van der Waals surface area contributed by atoms with E-state index < -0.39 is 0 Å². The van der Waals surface area contributed by atoms with Gasteiger partial charge >= 0.3 is 0 Å².